The highest BCUT2D eigenvalue weighted by Gasteiger charge is 1.99. The molecule has 0 rings (SSSR count). The Hall–Kier alpha value is -0.340. The van der Waals surface area contributed by atoms with Crippen molar-refractivity contribution in [3.63, 3.8) is 0 Å². The molecule has 0 unspecified atom stereocenters. The summed E-state index contributed by atoms with van der Waals surface area (Å²) in [6.45, 7) is 12.9. The van der Waals surface area contributed by atoms with Crippen molar-refractivity contribution in [3.05, 3.63) is 12.7 Å². The molecular weight excluding hydrogens is 162 g/mol. The molecule has 2 heteroatoms. The van der Waals surface area contributed by atoms with Gasteiger partial charge in [0.1, 0.15) is 0 Å². The van der Waals surface area contributed by atoms with Crippen LogP contribution in [-0.4, -0.2) is 37.7 Å². The zero-order chi connectivity index (χ0) is 9.94. The normalized spacial score (nSPS) is 10.7. The van der Waals surface area contributed by atoms with Crippen LogP contribution in [0.1, 0.15) is 26.7 Å². The lowest BCUT2D eigenvalue weighted by molar-refractivity contribution is 0.125. The molecule has 0 aliphatic rings. The third-order valence-corrected chi connectivity index (χ3v) is 2.06. The molecule has 0 fully saturated rings. The van der Waals surface area contributed by atoms with Crippen LogP contribution in [0.5, 0.6) is 0 Å². The third kappa shape index (κ3) is 8.00. The van der Waals surface area contributed by atoms with Gasteiger partial charge in [0.05, 0.1) is 13.2 Å². The van der Waals surface area contributed by atoms with Crippen molar-refractivity contribution in [2.45, 2.75) is 26.7 Å². The first-order valence-corrected chi connectivity index (χ1v) is 5.26. The molecule has 0 bridgehead atoms. The second-order valence-electron chi connectivity index (χ2n) is 3.15. The Bertz CT molecular complexity index is 115. The van der Waals surface area contributed by atoms with E-state index in [4.69, 9.17) is 4.74 Å². The largest absolute Gasteiger partial charge is 0.376 e. The van der Waals surface area contributed by atoms with Crippen LogP contribution in [0.4, 0.5) is 0 Å². The van der Waals surface area contributed by atoms with E-state index in [2.05, 4.69) is 25.3 Å². The summed E-state index contributed by atoms with van der Waals surface area (Å²) in [5, 5.41) is 0. The van der Waals surface area contributed by atoms with Crippen molar-refractivity contribution >= 4 is 0 Å². The van der Waals surface area contributed by atoms with Crippen LogP contribution in [0.3, 0.4) is 0 Å². The fourth-order valence-electron chi connectivity index (χ4n) is 1.17. The molecule has 0 aromatic rings. The van der Waals surface area contributed by atoms with Gasteiger partial charge in [-0.3, -0.25) is 0 Å². The van der Waals surface area contributed by atoms with Crippen LogP contribution in [0, 0.1) is 0 Å². The van der Waals surface area contributed by atoms with Crippen molar-refractivity contribution in [3.8, 4) is 0 Å². The molecule has 13 heavy (non-hydrogen) atoms. The summed E-state index contributed by atoms with van der Waals surface area (Å²) in [7, 11) is 0. The summed E-state index contributed by atoms with van der Waals surface area (Å²) < 4.78 is 5.34. The molecule has 0 N–H and O–H groups in total. The smallest absolute Gasteiger partial charge is 0.0645 e. The van der Waals surface area contributed by atoms with E-state index in [9.17, 15) is 0 Å². The van der Waals surface area contributed by atoms with Crippen molar-refractivity contribution in [1.29, 1.82) is 0 Å². The number of hydrogen-bond donors (Lipinski definition) is 0. The standard InChI is InChI=1S/C11H23NO/c1-4-7-8-12(6-3)9-11-13-10-5-2/h5H,2,4,6-11H2,1,3H3. The maximum Gasteiger partial charge on any atom is 0.0645 e. The molecule has 0 amide bonds. The third-order valence-electron chi connectivity index (χ3n) is 2.06. The van der Waals surface area contributed by atoms with Crippen LogP contribution in [0.15, 0.2) is 12.7 Å². The van der Waals surface area contributed by atoms with Crippen molar-refractivity contribution in [1.82, 2.24) is 4.90 Å². The molecule has 0 aliphatic carbocycles. The highest BCUT2D eigenvalue weighted by atomic mass is 16.5. The van der Waals surface area contributed by atoms with E-state index in [1.165, 1.54) is 19.4 Å². The second-order valence-corrected chi connectivity index (χ2v) is 3.15. The van der Waals surface area contributed by atoms with Crippen molar-refractivity contribution < 1.29 is 4.74 Å². The Balaban J connectivity index is 3.30. The first-order chi connectivity index (χ1) is 6.35. The van der Waals surface area contributed by atoms with Gasteiger partial charge in [-0.1, -0.05) is 26.3 Å². The Labute approximate surface area is 82.6 Å². The van der Waals surface area contributed by atoms with Crippen LogP contribution >= 0.6 is 0 Å². The molecule has 0 atom stereocenters. The summed E-state index contributed by atoms with van der Waals surface area (Å²) in [5.74, 6) is 0. The summed E-state index contributed by atoms with van der Waals surface area (Å²) in [6, 6.07) is 0. The van der Waals surface area contributed by atoms with E-state index < -0.39 is 0 Å². The summed E-state index contributed by atoms with van der Waals surface area (Å²) in [5.41, 5.74) is 0. The molecule has 0 spiro atoms. The van der Waals surface area contributed by atoms with Gasteiger partial charge in [-0.15, -0.1) is 6.58 Å². The van der Waals surface area contributed by atoms with Gasteiger partial charge in [0.25, 0.3) is 0 Å². The van der Waals surface area contributed by atoms with Gasteiger partial charge >= 0.3 is 0 Å². The molecule has 0 radical (unpaired) electrons. The number of hydrogen-bond acceptors (Lipinski definition) is 2. The van der Waals surface area contributed by atoms with Crippen molar-refractivity contribution in [2.24, 2.45) is 0 Å². The second kappa shape index (κ2) is 9.75. The van der Waals surface area contributed by atoms with Gasteiger partial charge in [-0.2, -0.15) is 0 Å². The van der Waals surface area contributed by atoms with Crippen molar-refractivity contribution in [2.75, 3.05) is 32.8 Å². The molecule has 0 heterocycles. The predicted octanol–water partition coefficient (Wildman–Crippen LogP) is 2.31. The van der Waals surface area contributed by atoms with Gasteiger partial charge in [0.2, 0.25) is 0 Å². The molecule has 0 aromatic carbocycles. The lowest BCUT2D eigenvalue weighted by atomic mass is 10.3. The minimum atomic E-state index is 0.672. The molecule has 2 nitrogen and oxygen atoms in total. The Morgan fingerprint density at radius 1 is 1.31 bits per heavy atom. The van der Waals surface area contributed by atoms with E-state index in [1.54, 1.807) is 6.08 Å². The Kier molecular flexibility index (Phi) is 9.49. The number of unbranched alkanes of at least 4 members (excludes halogenated alkanes) is 1. The Morgan fingerprint density at radius 3 is 2.62 bits per heavy atom. The quantitative estimate of drug-likeness (QED) is 0.404. The molecular formula is C11H23NO. The summed E-state index contributed by atoms with van der Waals surface area (Å²) >= 11 is 0. The number of likely N-dealkylation sites (N-methyl/N-ethyl adjacent to an activating group) is 1. The minimum absolute atomic E-state index is 0.672. The van der Waals surface area contributed by atoms with E-state index in [1.807, 2.05) is 0 Å². The highest BCUT2D eigenvalue weighted by molar-refractivity contribution is 4.64. The maximum absolute atomic E-state index is 5.34. The number of nitrogens with zero attached hydrogens (tertiary/aromatic N) is 1. The lowest BCUT2D eigenvalue weighted by Gasteiger charge is -2.19. The average Bonchev–Trinajstić information content (AvgIpc) is 2.17. The minimum Gasteiger partial charge on any atom is -0.376 e. The first kappa shape index (κ1) is 12.7. The zero-order valence-electron chi connectivity index (χ0n) is 9.09. The van der Waals surface area contributed by atoms with Crippen LogP contribution < -0.4 is 0 Å². The fourth-order valence-corrected chi connectivity index (χ4v) is 1.17. The number of ether oxygens (including phenoxy) is 1. The molecule has 0 aromatic heterocycles. The molecule has 78 valence electrons. The van der Waals surface area contributed by atoms with Gasteiger partial charge in [-0.05, 0) is 19.5 Å². The van der Waals surface area contributed by atoms with Gasteiger partial charge in [-0.25, -0.2) is 0 Å². The van der Waals surface area contributed by atoms with E-state index >= 15 is 0 Å². The van der Waals surface area contributed by atoms with Gasteiger partial charge < -0.3 is 9.64 Å². The van der Waals surface area contributed by atoms with E-state index in [-0.39, 0.29) is 0 Å². The number of rotatable bonds is 9. The van der Waals surface area contributed by atoms with Gasteiger partial charge in [0.15, 0.2) is 0 Å². The fraction of sp³-hybridized carbons (Fsp3) is 0.818. The van der Waals surface area contributed by atoms with E-state index in [0.717, 1.165) is 19.7 Å². The zero-order valence-corrected chi connectivity index (χ0v) is 9.09. The Morgan fingerprint density at radius 2 is 2.08 bits per heavy atom. The lowest BCUT2D eigenvalue weighted by Crippen LogP contribution is -2.28. The predicted molar refractivity (Wildman–Crippen MR) is 58.0 cm³/mol. The van der Waals surface area contributed by atoms with Crippen LogP contribution in [-0.2, 0) is 4.74 Å². The van der Waals surface area contributed by atoms with E-state index in [0.29, 0.717) is 6.61 Å². The SMILES string of the molecule is C=CCOCCN(CC)CCCC. The van der Waals surface area contributed by atoms with Crippen LogP contribution in [0.2, 0.25) is 0 Å². The summed E-state index contributed by atoms with van der Waals surface area (Å²) in [6.07, 6.45) is 4.35. The topological polar surface area (TPSA) is 12.5 Å². The molecule has 0 saturated heterocycles. The average molecular weight is 185 g/mol. The first-order valence-electron chi connectivity index (χ1n) is 5.26. The van der Waals surface area contributed by atoms with Gasteiger partial charge in [0, 0.05) is 6.54 Å². The molecule has 0 saturated carbocycles. The monoisotopic (exact) mass is 185 g/mol. The van der Waals surface area contributed by atoms with Crippen LogP contribution in [0.25, 0.3) is 0 Å². The maximum atomic E-state index is 5.34. The highest BCUT2D eigenvalue weighted by Crippen LogP contribution is 1.94. The summed E-state index contributed by atoms with van der Waals surface area (Å²) in [4.78, 5) is 2.42. The molecule has 0 aliphatic heterocycles.